The van der Waals surface area contributed by atoms with Crippen molar-refractivity contribution in [2.24, 2.45) is 0 Å². The van der Waals surface area contributed by atoms with Gasteiger partial charge < -0.3 is 5.32 Å². The molecular formula is C17H13FN2OS. The van der Waals surface area contributed by atoms with Gasteiger partial charge in [-0.25, -0.2) is 4.39 Å². The minimum atomic E-state index is -0.306. The molecule has 1 aromatic heterocycles. The number of carbonyl (C=O) groups excluding carboxylic acids is 1. The van der Waals surface area contributed by atoms with Gasteiger partial charge in [0, 0.05) is 11.6 Å². The molecule has 1 heterocycles. The van der Waals surface area contributed by atoms with E-state index in [1.54, 1.807) is 12.1 Å². The largest absolute Gasteiger partial charge is 0.316 e. The zero-order valence-electron chi connectivity index (χ0n) is 11.6. The third-order valence-corrected chi connectivity index (χ3v) is 3.82. The first-order valence-electron chi connectivity index (χ1n) is 6.77. The lowest BCUT2D eigenvalue weighted by molar-refractivity contribution is -0.115. The van der Waals surface area contributed by atoms with E-state index in [4.69, 9.17) is 0 Å². The van der Waals surface area contributed by atoms with Crippen molar-refractivity contribution in [1.82, 2.24) is 4.37 Å². The molecule has 3 rings (SSSR count). The van der Waals surface area contributed by atoms with Crippen LogP contribution in [0.15, 0.2) is 60.7 Å². The number of carbonyl (C=O) groups is 1. The number of nitrogens with one attached hydrogen (secondary N) is 1. The number of anilines is 1. The van der Waals surface area contributed by atoms with E-state index in [0.717, 1.165) is 16.8 Å². The van der Waals surface area contributed by atoms with Crippen LogP contribution in [0.4, 0.5) is 9.39 Å². The van der Waals surface area contributed by atoms with Gasteiger partial charge in [-0.05, 0) is 29.2 Å². The van der Waals surface area contributed by atoms with Crippen molar-refractivity contribution < 1.29 is 9.18 Å². The predicted molar refractivity (Wildman–Crippen MR) is 86.3 cm³/mol. The van der Waals surface area contributed by atoms with E-state index in [9.17, 15) is 9.18 Å². The van der Waals surface area contributed by atoms with Crippen LogP contribution < -0.4 is 5.32 Å². The highest BCUT2D eigenvalue weighted by Gasteiger charge is 2.08. The second kappa shape index (κ2) is 6.49. The molecule has 0 unspecified atom stereocenters. The van der Waals surface area contributed by atoms with Gasteiger partial charge in [0.25, 0.3) is 0 Å². The molecule has 0 bridgehead atoms. The van der Waals surface area contributed by atoms with Gasteiger partial charge in [0.1, 0.15) is 10.8 Å². The van der Waals surface area contributed by atoms with Crippen LogP contribution in [0.5, 0.6) is 0 Å². The monoisotopic (exact) mass is 312 g/mol. The van der Waals surface area contributed by atoms with Crippen molar-refractivity contribution in [1.29, 1.82) is 0 Å². The summed E-state index contributed by atoms with van der Waals surface area (Å²) in [5.41, 5.74) is 2.62. The van der Waals surface area contributed by atoms with E-state index in [-0.39, 0.29) is 18.1 Å². The van der Waals surface area contributed by atoms with Crippen LogP contribution >= 0.6 is 11.5 Å². The Morgan fingerprint density at radius 2 is 1.82 bits per heavy atom. The molecule has 110 valence electrons. The summed E-state index contributed by atoms with van der Waals surface area (Å²) in [6.45, 7) is 0. The third kappa shape index (κ3) is 3.56. The highest BCUT2D eigenvalue weighted by Crippen LogP contribution is 2.25. The van der Waals surface area contributed by atoms with E-state index in [2.05, 4.69) is 9.69 Å². The fraction of sp³-hybridized carbons (Fsp3) is 0.0588. The first kappa shape index (κ1) is 14.4. The Bertz CT molecular complexity index is 769. The number of hydrogen-bond acceptors (Lipinski definition) is 3. The zero-order chi connectivity index (χ0) is 15.4. The molecule has 0 fully saturated rings. The van der Waals surface area contributed by atoms with Gasteiger partial charge in [-0.3, -0.25) is 4.79 Å². The van der Waals surface area contributed by atoms with Crippen LogP contribution in [0.25, 0.3) is 11.3 Å². The van der Waals surface area contributed by atoms with Crippen molar-refractivity contribution in [2.45, 2.75) is 6.42 Å². The molecule has 5 heteroatoms. The average molecular weight is 312 g/mol. The van der Waals surface area contributed by atoms with Gasteiger partial charge in [-0.15, -0.1) is 0 Å². The van der Waals surface area contributed by atoms with Gasteiger partial charge in [-0.1, -0.05) is 42.5 Å². The summed E-state index contributed by atoms with van der Waals surface area (Å²) in [5, 5.41) is 3.52. The highest BCUT2D eigenvalue weighted by molar-refractivity contribution is 7.10. The van der Waals surface area contributed by atoms with Crippen LogP contribution in [0.3, 0.4) is 0 Å². The van der Waals surface area contributed by atoms with E-state index in [0.29, 0.717) is 5.00 Å². The fourth-order valence-electron chi connectivity index (χ4n) is 2.05. The van der Waals surface area contributed by atoms with Crippen molar-refractivity contribution in [2.75, 3.05) is 5.32 Å². The first-order valence-corrected chi connectivity index (χ1v) is 7.54. The van der Waals surface area contributed by atoms with Crippen molar-refractivity contribution >= 4 is 22.4 Å². The van der Waals surface area contributed by atoms with Gasteiger partial charge in [-0.2, -0.15) is 4.37 Å². The number of amides is 1. The van der Waals surface area contributed by atoms with Crippen molar-refractivity contribution in [3.8, 4) is 11.3 Å². The third-order valence-electron chi connectivity index (χ3n) is 3.12. The quantitative estimate of drug-likeness (QED) is 0.787. The summed E-state index contributed by atoms with van der Waals surface area (Å²) in [6.07, 6.45) is 0.207. The van der Waals surface area contributed by atoms with E-state index in [1.807, 2.05) is 36.4 Å². The SMILES string of the molecule is O=C(Cc1ccc(F)cc1)Nc1cc(-c2ccccc2)ns1. The molecule has 0 radical (unpaired) electrons. The fourth-order valence-corrected chi connectivity index (χ4v) is 2.73. The number of rotatable bonds is 4. The first-order chi connectivity index (χ1) is 10.7. The average Bonchev–Trinajstić information content (AvgIpc) is 2.99. The summed E-state index contributed by atoms with van der Waals surface area (Å²) in [4.78, 5) is 12.0. The lowest BCUT2D eigenvalue weighted by Crippen LogP contribution is -2.13. The molecule has 0 saturated heterocycles. The maximum absolute atomic E-state index is 12.8. The standard InChI is InChI=1S/C17H13FN2OS/c18-14-8-6-12(7-9-14)10-16(21)19-17-11-15(20-22-17)13-4-2-1-3-5-13/h1-9,11H,10H2,(H,19,21). The summed E-state index contributed by atoms with van der Waals surface area (Å²) in [5.74, 6) is -0.450. The lowest BCUT2D eigenvalue weighted by atomic mass is 10.1. The smallest absolute Gasteiger partial charge is 0.229 e. The number of nitrogens with zero attached hydrogens (tertiary/aromatic N) is 1. The van der Waals surface area contributed by atoms with Gasteiger partial charge in [0.15, 0.2) is 0 Å². The predicted octanol–water partition coefficient (Wildman–Crippen LogP) is 4.13. The molecule has 0 aliphatic heterocycles. The summed E-state index contributed by atoms with van der Waals surface area (Å²) in [7, 11) is 0. The minimum Gasteiger partial charge on any atom is -0.316 e. The van der Waals surface area contributed by atoms with Crippen LogP contribution in [-0.4, -0.2) is 10.3 Å². The molecule has 3 nitrogen and oxygen atoms in total. The highest BCUT2D eigenvalue weighted by atomic mass is 32.1. The lowest BCUT2D eigenvalue weighted by Gasteiger charge is -2.02. The molecule has 1 amide bonds. The molecule has 1 N–H and O–H groups in total. The maximum Gasteiger partial charge on any atom is 0.229 e. The number of halogens is 1. The van der Waals surface area contributed by atoms with Gasteiger partial charge in [0.2, 0.25) is 5.91 Å². The van der Waals surface area contributed by atoms with Crippen LogP contribution in [0.2, 0.25) is 0 Å². The molecule has 0 aliphatic carbocycles. The van der Waals surface area contributed by atoms with E-state index < -0.39 is 0 Å². The Morgan fingerprint density at radius 3 is 2.55 bits per heavy atom. The van der Waals surface area contributed by atoms with Crippen LogP contribution in [0.1, 0.15) is 5.56 Å². The maximum atomic E-state index is 12.8. The van der Waals surface area contributed by atoms with E-state index in [1.165, 1.54) is 23.7 Å². The second-order valence-electron chi connectivity index (χ2n) is 4.79. The Hall–Kier alpha value is -2.53. The Kier molecular flexibility index (Phi) is 4.25. The topological polar surface area (TPSA) is 42.0 Å². The summed E-state index contributed by atoms with van der Waals surface area (Å²) >= 11 is 1.24. The normalized spacial score (nSPS) is 10.4. The second-order valence-corrected chi connectivity index (χ2v) is 5.60. The van der Waals surface area contributed by atoms with Crippen LogP contribution in [0, 0.1) is 5.82 Å². The van der Waals surface area contributed by atoms with E-state index >= 15 is 0 Å². The van der Waals surface area contributed by atoms with Crippen molar-refractivity contribution in [3.63, 3.8) is 0 Å². The van der Waals surface area contributed by atoms with Gasteiger partial charge >= 0.3 is 0 Å². The minimum absolute atomic E-state index is 0.144. The molecule has 0 aliphatic rings. The zero-order valence-corrected chi connectivity index (χ0v) is 12.4. The molecule has 3 aromatic rings. The number of aromatic nitrogens is 1. The molecule has 2 aromatic carbocycles. The molecule has 0 spiro atoms. The molecule has 0 atom stereocenters. The molecule has 22 heavy (non-hydrogen) atoms. The Balaban J connectivity index is 1.65. The summed E-state index contributed by atoms with van der Waals surface area (Å²) in [6, 6.07) is 17.5. The Morgan fingerprint density at radius 1 is 1.09 bits per heavy atom. The number of hydrogen-bond donors (Lipinski definition) is 1. The van der Waals surface area contributed by atoms with Crippen LogP contribution in [-0.2, 0) is 11.2 Å². The molecule has 0 saturated carbocycles. The molecular weight excluding hydrogens is 299 g/mol. The van der Waals surface area contributed by atoms with Crippen molar-refractivity contribution in [3.05, 3.63) is 72.0 Å². The Labute approximate surface area is 131 Å². The summed E-state index contributed by atoms with van der Waals surface area (Å²) < 4.78 is 17.2. The number of benzene rings is 2. The van der Waals surface area contributed by atoms with Gasteiger partial charge in [0.05, 0.1) is 12.1 Å².